The van der Waals surface area contributed by atoms with Crippen molar-refractivity contribution in [1.82, 2.24) is 5.32 Å². The standard InChI is InChI=1S/C20H24ClNO2S/c1-14-7-8-15(2)19(11-14)24-16(3)20(23)22-9-10-25-13-17-5-4-6-18(21)12-17/h4-8,11-12,16H,9-10,13H2,1-3H3,(H,22,23). The molecule has 2 rings (SSSR count). The van der Waals surface area contributed by atoms with Crippen LogP contribution in [0, 0.1) is 13.8 Å². The number of halogens is 1. The Morgan fingerprint density at radius 3 is 2.80 bits per heavy atom. The molecule has 1 atom stereocenters. The monoisotopic (exact) mass is 377 g/mol. The third-order valence-electron chi connectivity index (χ3n) is 3.72. The Morgan fingerprint density at radius 2 is 2.04 bits per heavy atom. The van der Waals surface area contributed by atoms with E-state index in [0.717, 1.165) is 33.4 Å². The topological polar surface area (TPSA) is 38.3 Å². The average Bonchev–Trinajstić information content (AvgIpc) is 2.57. The largest absolute Gasteiger partial charge is 0.481 e. The van der Waals surface area contributed by atoms with Crippen LogP contribution in [-0.2, 0) is 10.5 Å². The molecule has 0 saturated carbocycles. The zero-order chi connectivity index (χ0) is 18.2. The van der Waals surface area contributed by atoms with Gasteiger partial charge in [0.15, 0.2) is 6.10 Å². The van der Waals surface area contributed by atoms with E-state index in [-0.39, 0.29) is 5.91 Å². The molecule has 3 nitrogen and oxygen atoms in total. The molecule has 0 aliphatic heterocycles. The first-order valence-electron chi connectivity index (χ1n) is 8.29. The number of ether oxygens (including phenoxy) is 1. The molecule has 0 radical (unpaired) electrons. The predicted octanol–water partition coefficient (Wildman–Crippen LogP) is 4.77. The van der Waals surface area contributed by atoms with Gasteiger partial charge in [-0.05, 0) is 55.7 Å². The molecule has 0 spiro atoms. The number of rotatable bonds is 8. The maximum absolute atomic E-state index is 12.2. The molecule has 0 aliphatic rings. The van der Waals surface area contributed by atoms with Crippen LogP contribution in [0.5, 0.6) is 5.75 Å². The van der Waals surface area contributed by atoms with Crippen LogP contribution in [0.15, 0.2) is 42.5 Å². The summed E-state index contributed by atoms with van der Waals surface area (Å²) in [4.78, 5) is 12.2. The fourth-order valence-electron chi connectivity index (χ4n) is 2.29. The van der Waals surface area contributed by atoms with Crippen molar-refractivity contribution < 1.29 is 9.53 Å². The van der Waals surface area contributed by atoms with E-state index in [1.165, 1.54) is 5.56 Å². The molecule has 0 aliphatic carbocycles. The minimum absolute atomic E-state index is 0.0933. The number of nitrogens with one attached hydrogen (secondary N) is 1. The first kappa shape index (κ1) is 19.7. The lowest BCUT2D eigenvalue weighted by Crippen LogP contribution is -2.37. The van der Waals surface area contributed by atoms with Crippen molar-refractivity contribution in [2.75, 3.05) is 12.3 Å². The van der Waals surface area contributed by atoms with Gasteiger partial charge >= 0.3 is 0 Å². The first-order valence-corrected chi connectivity index (χ1v) is 9.83. The average molecular weight is 378 g/mol. The van der Waals surface area contributed by atoms with Crippen molar-refractivity contribution in [3.05, 3.63) is 64.2 Å². The van der Waals surface area contributed by atoms with Crippen LogP contribution in [-0.4, -0.2) is 24.3 Å². The van der Waals surface area contributed by atoms with E-state index < -0.39 is 6.10 Å². The van der Waals surface area contributed by atoms with Gasteiger partial charge in [-0.1, -0.05) is 35.9 Å². The summed E-state index contributed by atoms with van der Waals surface area (Å²) in [6, 6.07) is 13.8. The Morgan fingerprint density at radius 1 is 1.24 bits per heavy atom. The molecule has 5 heteroatoms. The molecular formula is C20H24ClNO2S. The van der Waals surface area contributed by atoms with Gasteiger partial charge in [0.25, 0.3) is 5.91 Å². The van der Waals surface area contributed by atoms with Gasteiger partial charge < -0.3 is 10.1 Å². The summed E-state index contributed by atoms with van der Waals surface area (Å²) in [7, 11) is 0. The van der Waals surface area contributed by atoms with Crippen LogP contribution >= 0.6 is 23.4 Å². The van der Waals surface area contributed by atoms with Crippen LogP contribution in [0.25, 0.3) is 0 Å². The molecule has 0 bridgehead atoms. The van der Waals surface area contributed by atoms with Crippen molar-refractivity contribution in [2.24, 2.45) is 0 Å². The molecule has 2 aromatic rings. The van der Waals surface area contributed by atoms with E-state index >= 15 is 0 Å². The SMILES string of the molecule is Cc1ccc(C)c(OC(C)C(=O)NCCSCc2cccc(Cl)c2)c1. The van der Waals surface area contributed by atoms with Crippen LogP contribution in [0.4, 0.5) is 0 Å². The van der Waals surface area contributed by atoms with Gasteiger partial charge in [-0.3, -0.25) is 4.79 Å². The van der Waals surface area contributed by atoms with Crippen LogP contribution in [0.1, 0.15) is 23.6 Å². The Bertz CT molecular complexity index is 721. The number of hydrogen-bond donors (Lipinski definition) is 1. The zero-order valence-corrected chi connectivity index (χ0v) is 16.4. The molecule has 0 saturated heterocycles. The van der Waals surface area contributed by atoms with Crippen LogP contribution in [0.3, 0.4) is 0 Å². The predicted molar refractivity (Wildman–Crippen MR) is 107 cm³/mol. The number of aryl methyl sites for hydroxylation is 2. The Balaban J connectivity index is 1.70. The highest BCUT2D eigenvalue weighted by Crippen LogP contribution is 2.20. The molecule has 1 N–H and O–H groups in total. The second kappa shape index (κ2) is 9.73. The lowest BCUT2D eigenvalue weighted by Gasteiger charge is -2.16. The summed E-state index contributed by atoms with van der Waals surface area (Å²) in [5.41, 5.74) is 3.34. The molecule has 25 heavy (non-hydrogen) atoms. The summed E-state index contributed by atoms with van der Waals surface area (Å²) < 4.78 is 5.79. The minimum Gasteiger partial charge on any atom is -0.481 e. The second-order valence-electron chi connectivity index (χ2n) is 6.00. The zero-order valence-electron chi connectivity index (χ0n) is 14.8. The fourth-order valence-corrected chi connectivity index (χ4v) is 3.30. The van der Waals surface area contributed by atoms with Gasteiger partial charge in [0.2, 0.25) is 0 Å². The molecule has 0 aromatic heterocycles. The Kier molecular flexibility index (Phi) is 7.66. The summed E-state index contributed by atoms with van der Waals surface area (Å²) in [5.74, 6) is 2.39. The fraction of sp³-hybridized carbons (Fsp3) is 0.350. The molecular weight excluding hydrogens is 354 g/mol. The molecule has 1 unspecified atom stereocenters. The highest BCUT2D eigenvalue weighted by atomic mass is 35.5. The number of thioether (sulfide) groups is 1. The summed E-state index contributed by atoms with van der Waals surface area (Å²) in [5, 5.41) is 3.68. The second-order valence-corrected chi connectivity index (χ2v) is 7.54. The molecule has 134 valence electrons. The lowest BCUT2D eigenvalue weighted by molar-refractivity contribution is -0.127. The maximum atomic E-state index is 12.2. The van der Waals surface area contributed by atoms with Crippen molar-refractivity contribution in [3.8, 4) is 5.75 Å². The van der Waals surface area contributed by atoms with E-state index in [2.05, 4.69) is 11.4 Å². The maximum Gasteiger partial charge on any atom is 0.260 e. The van der Waals surface area contributed by atoms with Crippen LogP contribution < -0.4 is 10.1 Å². The number of hydrogen-bond acceptors (Lipinski definition) is 3. The van der Waals surface area contributed by atoms with E-state index in [1.54, 1.807) is 18.7 Å². The lowest BCUT2D eigenvalue weighted by atomic mass is 10.1. The molecule has 0 heterocycles. The highest BCUT2D eigenvalue weighted by molar-refractivity contribution is 7.98. The smallest absolute Gasteiger partial charge is 0.260 e. The van der Waals surface area contributed by atoms with E-state index in [9.17, 15) is 4.79 Å². The van der Waals surface area contributed by atoms with E-state index in [0.29, 0.717) is 6.54 Å². The van der Waals surface area contributed by atoms with Gasteiger partial charge in [0, 0.05) is 23.1 Å². The minimum atomic E-state index is -0.515. The highest BCUT2D eigenvalue weighted by Gasteiger charge is 2.15. The van der Waals surface area contributed by atoms with Gasteiger partial charge in [0.1, 0.15) is 5.75 Å². The van der Waals surface area contributed by atoms with Crippen molar-refractivity contribution in [1.29, 1.82) is 0 Å². The quantitative estimate of drug-likeness (QED) is 0.673. The summed E-state index contributed by atoms with van der Waals surface area (Å²) in [6.45, 7) is 6.38. The third-order valence-corrected chi connectivity index (χ3v) is 4.99. The van der Waals surface area contributed by atoms with E-state index in [4.69, 9.17) is 16.3 Å². The van der Waals surface area contributed by atoms with Gasteiger partial charge in [-0.2, -0.15) is 11.8 Å². The van der Waals surface area contributed by atoms with Crippen molar-refractivity contribution in [3.63, 3.8) is 0 Å². The summed E-state index contributed by atoms with van der Waals surface area (Å²) in [6.07, 6.45) is -0.515. The number of benzene rings is 2. The van der Waals surface area contributed by atoms with Gasteiger partial charge in [0.05, 0.1) is 0 Å². The molecule has 0 fully saturated rings. The molecule has 1 amide bonds. The Labute approximate surface area is 159 Å². The molecule has 2 aromatic carbocycles. The normalized spacial score (nSPS) is 11.8. The Hall–Kier alpha value is -1.65. The van der Waals surface area contributed by atoms with Gasteiger partial charge in [-0.25, -0.2) is 0 Å². The van der Waals surface area contributed by atoms with E-state index in [1.807, 2.05) is 50.2 Å². The van der Waals surface area contributed by atoms with Gasteiger partial charge in [-0.15, -0.1) is 0 Å². The van der Waals surface area contributed by atoms with Crippen molar-refractivity contribution in [2.45, 2.75) is 32.6 Å². The van der Waals surface area contributed by atoms with Crippen molar-refractivity contribution >= 4 is 29.3 Å². The third kappa shape index (κ3) is 6.63. The number of carbonyl (C=O) groups is 1. The first-order chi connectivity index (χ1) is 12.0. The number of amides is 1. The number of carbonyl (C=O) groups excluding carboxylic acids is 1. The van der Waals surface area contributed by atoms with Crippen LogP contribution in [0.2, 0.25) is 5.02 Å². The summed E-state index contributed by atoms with van der Waals surface area (Å²) >= 11 is 7.73.